The number of hydrogen-bond acceptors (Lipinski definition) is 9. The molecule has 0 atom stereocenters. The minimum atomic E-state index is -3.24. The fraction of sp³-hybridized carbons (Fsp3) is 0.720. The lowest BCUT2D eigenvalue weighted by atomic mass is 10.1. The highest BCUT2D eigenvalue weighted by atomic mass is 32.2. The summed E-state index contributed by atoms with van der Waals surface area (Å²) in [6.45, 7) is 11.8. The minimum absolute atomic E-state index is 0.116. The molecule has 0 unspecified atom stereocenters. The van der Waals surface area contributed by atoms with Gasteiger partial charge in [-0.2, -0.15) is 5.10 Å². The summed E-state index contributed by atoms with van der Waals surface area (Å²) >= 11 is 0. The summed E-state index contributed by atoms with van der Waals surface area (Å²) in [4.78, 5) is 13.8. The third kappa shape index (κ3) is 7.93. The van der Waals surface area contributed by atoms with E-state index in [9.17, 15) is 13.5 Å². The molecule has 37 heavy (non-hydrogen) atoms. The molecular formula is C25H42N8O3S. The van der Waals surface area contributed by atoms with Crippen molar-refractivity contribution in [2.45, 2.75) is 58.2 Å². The van der Waals surface area contributed by atoms with Crippen LogP contribution in [0.15, 0.2) is 18.6 Å². The second kappa shape index (κ2) is 11.7. The van der Waals surface area contributed by atoms with Crippen molar-refractivity contribution in [3.8, 4) is 11.3 Å². The summed E-state index contributed by atoms with van der Waals surface area (Å²) in [5, 5.41) is 17.8. The minimum Gasteiger partial charge on any atom is -0.389 e. The number of aryl methyl sites for hydroxylation is 1. The van der Waals surface area contributed by atoms with Crippen LogP contribution in [-0.4, -0.2) is 118 Å². The SMILES string of the molecule is Cc1cnc(NC2CCN(S(=O)(=O)CCCN3CCN(C)CC3)CC2)nc1-c1cnn(CC(C)(C)O)c1. The molecule has 0 aromatic carbocycles. The highest BCUT2D eigenvalue weighted by Gasteiger charge is 2.28. The van der Waals surface area contributed by atoms with Crippen molar-refractivity contribution >= 4 is 16.0 Å². The van der Waals surface area contributed by atoms with Crippen LogP contribution >= 0.6 is 0 Å². The summed E-state index contributed by atoms with van der Waals surface area (Å²) in [5.41, 5.74) is 1.74. The van der Waals surface area contributed by atoms with E-state index in [1.54, 1.807) is 35.2 Å². The molecule has 4 heterocycles. The van der Waals surface area contributed by atoms with Gasteiger partial charge < -0.3 is 20.2 Å². The zero-order chi connectivity index (χ0) is 26.6. The Bertz CT molecular complexity index is 1130. The molecule has 0 amide bonds. The maximum atomic E-state index is 12.9. The molecule has 12 heteroatoms. The molecule has 0 bridgehead atoms. The number of nitrogens with zero attached hydrogens (tertiary/aromatic N) is 7. The molecular weight excluding hydrogens is 492 g/mol. The molecule has 4 rings (SSSR count). The molecule has 2 aliphatic heterocycles. The number of aliphatic hydroxyl groups is 1. The first-order chi connectivity index (χ1) is 17.5. The van der Waals surface area contributed by atoms with Gasteiger partial charge in [0.05, 0.1) is 29.8 Å². The number of rotatable bonds is 10. The van der Waals surface area contributed by atoms with E-state index in [1.807, 2.05) is 13.1 Å². The van der Waals surface area contributed by atoms with Gasteiger partial charge in [0, 0.05) is 63.3 Å². The van der Waals surface area contributed by atoms with Crippen LogP contribution in [0.1, 0.15) is 38.7 Å². The van der Waals surface area contributed by atoms with Crippen LogP contribution < -0.4 is 5.32 Å². The van der Waals surface area contributed by atoms with Gasteiger partial charge in [0.15, 0.2) is 0 Å². The zero-order valence-electron chi connectivity index (χ0n) is 22.6. The van der Waals surface area contributed by atoms with Crippen LogP contribution in [0.3, 0.4) is 0 Å². The summed E-state index contributed by atoms with van der Waals surface area (Å²) in [5.74, 6) is 0.743. The smallest absolute Gasteiger partial charge is 0.223 e. The van der Waals surface area contributed by atoms with Crippen molar-refractivity contribution in [2.75, 3.05) is 63.9 Å². The first-order valence-electron chi connectivity index (χ1n) is 13.2. The van der Waals surface area contributed by atoms with Crippen molar-refractivity contribution < 1.29 is 13.5 Å². The third-order valence-corrected chi connectivity index (χ3v) is 9.04. The van der Waals surface area contributed by atoms with Gasteiger partial charge in [0.1, 0.15) is 0 Å². The van der Waals surface area contributed by atoms with Gasteiger partial charge in [-0.15, -0.1) is 0 Å². The van der Waals surface area contributed by atoms with E-state index in [1.165, 1.54) is 0 Å². The Morgan fingerprint density at radius 1 is 1.11 bits per heavy atom. The maximum Gasteiger partial charge on any atom is 0.223 e. The monoisotopic (exact) mass is 534 g/mol. The highest BCUT2D eigenvalue weighted by Crippen LogP contribution is 2.23. The average Bonchev–Trinajstić information content (AvgIpc) is 3.28. The van der Waals surface area contributed by atoms with Crippen LogP contribution in [0.5, 0.6) is 0 Å². The lowest BCUT2D eigenvalue weighted by Crippen LogP contribution is -2.46. The van der Waals surface area contributed by atoms with Gasteiger partial charge in [0.2, 0.25) is 16.0 Å². The number of anilines is 1. The number of piperazine rings is 1. The van der Waals surface area contributed by atoms with E-state index in [2.05, 4.69) is 32.2 Å². The van der Waals surface area contributed by atoms with E-state index < -0.39 is 15.6 Å². The summed E-state index contributed by atoms with van der Waals surface area (Å²) < 4.78 is 29.2. The number of aromatic nitrogens is 4. The van der Waals surface area contributed by atoms with E-state index in [4.69, 9.17) is 4.98 Å². The first kappa shape index (κ1) is 27.9. The largest absolute Gasteiger partial charge is 0.389 e. The van der Waals surface area contributed by atoms with Gasteiger partial charge in [-0.25, -0.2) is 22.7 Å². The Morgan fingerprint density at radius 2 is 1.81 bits per heavy atom. The predicted molar refractivity (Wildman–Crippen MR) is 145 cm³/mol. The first-order valence-corrected chi connectivity index (χ1v) is 14.8. The molecule has 2 aliphatic rings. The lowest BCUT2D eigenvalue weighted by molar-refractivity contribution is 0.0577. The molecule has 2 N–H and O–H groups in total. The fourth-order valence-electron chi connectivity index (χ4n) is 4.90. The summed E-state index contributed by atoms with van der Waals surface area (Å²) in [6.07, 6.45) is 7.53. The Morgan fingerprint density at radius 3 is 2.49 bits per heavy atom. The van der Waals surface area contributed by atoms with E-state index in [0.29, 0.717) is 44.8 Å². The van der Waals surface area contributed by atoms with Crippen molar-refractivity contribution in [3.63, 3.8) is 0 Å². The van der Waals surface area contributed by atoms with Gasteiger partial charge in [0.25, 0.3) is 0 Å². The fourth-order valence-corrected chi connectivity index (χ4v) is 6.42. The Balaban J connectivity index is 1.27. The van der Waals surface area contributed by atoms with E-state index >= 15 is 0 Å². The Labute approximate surface area is 220 Å². The second-order valence-electron chi connectivity index (χ2n) is 11.1. The van der Waals surface area contributed by atoms with Crippen molar-refractivity contribution in [2.24, 2.45) is 0 Å². The molecule has 11 nitrogen and oxygen atoms in total. The lowest BCUT2D eigenvalue weighted by Gasteiger charge is -2.33. The molecule has 2 fully saturated rings. The van der Waals surface area contributed by atoms with Crippen LogP contribution in [-0.2, 0) is 16.6 Å². The van der Waals surface area contributed by atoms with Crippen LogP contribution in [0.2, 0.25) is 0 Å². The molecule has 2 aromatic rings. The van der Waals surface area contributed by atoms with Crippen molar-refractivity contribution in [3.05, 3.63) is 24.2 Å². The quantitative estimate of drug-likeness (QED) is 0.464. The normalized spacial score (nSPS) is 19.4. The third-order valence-electron chi connectivity index (χ3n) is 7.08. The second-order valence-corrected chi connectivity index (χ2v) is 13.2. The predicted octanol–water partition coefficient (Wildman–Crippen LogP) is 1.26. The number of sulfonamides is 1. The molecule has 0 spiro atoms. The number of nitrogens with one attached hydrogen (secondary N) is 1. The van der Waals surface area contributed by atoms with Gasteiger partial charge in [-0.1, -0.05) is 0 Å². The topological polar surface area (TPSA) is 120 Å². The molecule has 2 aromatic heterocycles. The summed E-state index contributed by atoms with van der Waals surface area (Å²) in [6, 6.07) is 0.116. The van der Waals surface area contributed by atoms with Crippen molar-refractivity contribution in [1.29, 1.82) is 0 Å². The zero-order valence-corrected chi connectivity index (χ0v) is 23.4. The van der Waals surface area contributed by atoms with E-state index in [-0.39, 0.29) is 11.8 Å². The van der Waals surface area contributed by atoms with Gasteiger partial charge in [-0.05, 0) is 59.2 Å². The van der Waals surface area contributed by atoms with Crippen LogP contribution in [0.4, 0.5) is 5.95 Å². The van der Waals surface area contributed by atoms with Crippen LogP contribution in [0.25, 0.3) is 11.3 Å². The average molecular weight is 535 g/mol. The Kier molecular flexibility index (Phi) is 8.85. The number of piperidine rings is 1. The molecule has 2 saturated heterocycles. The summed E-state index contributed by atoms with van der Waals surface area (Å²) in [7, 11) is -1.12. The highest BCUT2D eigenvalue weighted by molar-refractivity contribution is 7.89. The Hall–Kier alpha value is -2.12. The molecule has 0 radical (unpaired) electrons. The number of likely N-dealkylation sites (N-methyl/N-ethyl adjacent to an activating group) is 1. The number of hydrogen-bond donors (Lipinski definition) is 2. The van der Waals surface area contributed by atoms with Crippen LogP contribution in [0, 0.1) is 6.92 Å². The molecule has 0 aliphatic carbocycles. The van der Waals surface area contributed by atoms with Gasteiger partial charge in [-0.3, -0.25) is 4.68 Å². The maximum absolute atomic E-state index is 12.9. The van der Waals surface area contributed by atoms with Crippen molar-refractivity contribution in [1.82, 2.24) is 33.9 Å². The standard InChI is InChI=1S/C25H42N8O3S/c1-20-16-26-24(29-23(20)21-17-27-32(18-21)19-25(2,3)34)28-22-6-9-33(10-7-22)37(35,36)15-5-8-31-13-11-30(4)12-14-31/h16-18,22,34H,5-15,19H2,1-4H3,(H,26,28,29). The molecule has 0 saturated carbocycles. The van der Waals surface area contributed by atoms with Gasteiger partial charge >= 0.3 is 0 Å². The van der Waals surface area contributed by atoms with E-state index in [0.717, 1.165) is 49.5 Å². The molecule has 206 valence electrons.